The minimum absolute atomic E-state index is 0.0168. The fraction of sp³-hybridized carbons (Fsp3) is 0.278. The molecule has 0 bridgehead atoms. The third-order valence-corrected chi connectivity index (χ3v) is 11.5. The molecule has 0 saturated carbocycles. The number of ketones is 1. The van der Waals surface area contributed by atoms with E-state index in [1.54, 1.807) is 13.2 Å². The Morgan fingerprint density at radius 1 is 0.907 bits per heavy atom. The van der Waals surface area contributed by atoms with Crippen LogP contribution in [0.5, 0.6) is 5.75 Å². The van der Waals surface area contributed by atoms with Crippen LogP contribution in [0, 0.1) is 6.92 Å². The van der Waals surface area contributed by atoms with Crippen LogP contribution in [0.25, 0.3) is 5.57 Å². The van der Waals surface area contributed by atoms with Crippen molar-refractivity contribution in [2.24, 2.45) is 0 Å². The van der Waals surface area contributed by atoms with E-state index in [0.29, 0.717) is 5.56 Å². The number of ether oxygens (including phenoxy) is 3. The van der Waals surface area contributed by atoms with E-state index in [-0.39, 0.29) is 18.5 Å². The number of benzene rings is 3. The summed E-state index contributed by atoms with van der Waals surface area (Å²) in [6, 6.07) is 20.3. The van der Waals surface area contributed by atoms with Gasteiger partial charge in [-0.15, -0.1) is 0 Å². The second kappa shape index (κ2) is 11.5. The van der Waals surface area contributed by atoms with Gasteiger partial charge in [0.05, 0.1) is 5.56 Å². The first-order valence-electron chi connectivity index (χ1n) is 14.4. The molecule has 1 aliphatic heterocycles. The molecule has 5 rings (SSSR count). The quantitative estimate of drug-likeness (QED) is 0.166. The van der Waals surface area contributed by atoms with Gasteiger partial charge in [0.1, 0.15) is 19.4 Å². The van der Waals surface area contributed by atoms with Crippen LogP contribution in [0.3, 0.4) is 0 Å². The molecule has 0 fully saturated rings. The van der Waals surface area contributed by atoms with Gasteiger partial charge >= 0.3 is 5.97 Å². The van der Waals surface area contributed by atoms with Gasteiger partial charge in [-0.1, -0.05) is 31.3 Å². The van der Waals surface area contributed by atoms with Gasteiger partial charge in [0.15, 0.2) is 12.6 Å². The van der Waals surface area contributed by atoms with Crippen LogP contribution in [0.15, 0.2) is 89.7 Å². The minimum Gasteiger partial charge on any atom is -0.468 e. The summed E-state index contributed by atoms with van der Waals surface area (Å²) in [4.78, 5) is 27.7. The number of methoxy groups -OCH3 is 1. The maximum atomic E-state index is 12.8. The van der Waals surface area contributed by atoms with Crippen molar-refractivity contribution in [2.75, 3.05) is 25.9 Å². The molecule has 0 atom stereocenters. The zero-order valence-corrected chi connectivity index (χ0v) is 27.2. The molecule has 2 aliphatic rings. The summed E-state index contributed by atoms with van der Waals surface area (Å²) in [5.41, 5.74) is 7.37. The molecular formula is C36H39NO5Si. The van der Waals surface area contributed by atoms with Crippen molar-refractivity contribution in [3.8, 4) is 5.75 Å². The molecule has 1 aliphatic carbocycles. The lowest BCUT2D eigenvalue weighted by atomic mass is 9.87. The fourth-order valence-electron chi connectivity index (χ4n) is 5.76. The second-order valence-electron chi connectivity index (χ2n) is 12.6. The number of fused-ring (bicyclic) bond motifs is 2. The molecule has 0 unspecified atom stereocenters. The van der Waals surface area contributed by atoms with E-state index in [9.17, 15) is 9.59 Å². The number of hydrogen-bond acceptors (Lipinski definition) is 6. The summed E-state index contributed by atoms with van der Waals surface area (Å²) in [7, 11) is 1.38. The first kappa shape index (κ1) is 30.3. The molecule has 0 N–H and O–H groups in total. The molecular weight excluding hydrogens is 554 g/mol. The molecule has 6 nitrogen and oxygen atoms in total. The predicted molar refractivity (Wildman–Crippen MR) is 175 cm³/mol. The van der Waals surface area contributed by atoms with E-state index in [4.69, 9.17) is 14.2 Å². The molecule has 0 saturated heterocycles. The lowest BCUT2D eigenvalue weighted by molar-refractivity contribution is -0.110. The average molecular weight is 594 g/mol. The molecule has 3 aromatic rings. The summed E-state index contributed by atoms with van der Waals surface area (Å²) in [6.07, 6.45) is 5.45. The Hall–Kier alpha value is -4.20. The first-order chi connectivity index (χ1) is 20.3. The Morgan fingerprint density at radius 2 is 1.58 bits per heavy atom. The highest BCUT2D eigenvalue weighted by Crippen LogP contribution is 2.43. The molecule has 43 heavy (non-hydrogen) atoms. The third kappa shape index (κ3) is 6.01. The summed E-state index contributed by atoms with van der Waals surface area (Å²) < 4.78 is 16.2. The van der Waals surface area contributed by atoms with Crippen LogP contribution >= 0.6 is 0 Å². The first-order valence-corrected chi connectivity index (χ1v) is 17.4. The SMILES string of the molecule is COCOc1ccc(N(C)c2ccc3c(c2)[Si](C)(C)C2=CC(=O)C=CC2=C3c2ccc(C(=O)OC(C)(C)C)cc2C)cc1. The second-order valence-corrected chi connectivity index (χ2v) is 16.9. The van der Waals surface area contributed by atoms with E-state index in [1.807, 2.05) is 82.3 Å². The molecule has 0 amide bonds. The van der Waals surface area contributed by atoms with Gasteiger partial charge in [-0.05, 0) is 127 Å². The van der Waals surface area contributed by atoms with Crippen LogP contribution in [0.4, 0.5) is 11.4 Å². The van der Waals surface area contributed by atoms with Crippen molar-refractivity contribution in [1.29, 1.82) is 0 Å². The Morgan fingerprint density at radius 3 is 2.23 bits per heavy atom. The van der Waals surface area contributed by atoms with Crippen molar-refractivity contribution in [3.63, 3.8) is 0 Å². The van der Waals surface area contributed by atoms with E-state index < -0.39 is 13.7 Å². The number of allylic oxidation sites excluding steroid dienone is 5. The lowest BCUT2D eigenvalue weighted by Gasteiger charge is -2.38. The Kier molecular flexibility index (Phi) is 8.07. The van der Waals surface area contributed by atoms with Crippen LogP contribution in [0.1, 0.15) is 47.8 Å². The van der Waals surface area contributed by atoms with Crippen LogP contribution in [-0.4, -0.2) is 46.4 Å². The van der Waals surface area contributed by atoms with Crippen molar-refractivity contribution < 1.29 is 23.8 Å². The molecule has 7 heteroatoms. The predicted octanol–water partition coefficient (Wildman–Crippen LogP) is 7.04. The number of carbonyl (C=O) groups excluding carboxylic acids is 2. The number of carbonyl (C=O) groups is 2. The average Bonchev–Trinajstić information content (AvgIpc) is 2.96. The highest BCUT2D eigenvalue weighted by atomic mass is 28.3. The zero-order valence-electron chi connectivity index (χ0n) is 26.2. The van der Waals surface area contributed by atoms with E-state index in [1.165, 1.54) is 5.19 Å². The van der Waals surface area contributed by atoms with Crippen molar-refractivity contribution in [2.45, 2.75) is 46.4 Å². The van der Waals surface area contributed by atoms with Crippen molar-refractivity contribution >= 4 is 42.0 Å². The maximum absolute atomic E-state index is 12.8. The number of nitrogens with zero attached hydrogens (tertiary/aromatic N) is 1. The highest BCUT2D eigenvalue weighted by Gasteiger charge is 2.40. The van der Waals surface area contributed by atoms with Gasteiger partial charge in [0.2, 0.25) is 0 Å². The number of esters is 1. The standard InChI is InChI=1S/C36H39NO5Si/c1-23-19-24(35(39)42-36(2,3)4)9-16-29(23)34-30-17-12-26(37(5)25-10-14-28(15-11-25)41-22-40-6)20-32(30)43(7,8)33-21-27(38)13-18-31(33)34/h9-21H,22H2,1-8H3. The van der Waals surface area contributed by atoms with E-state index >= 15 is 0 Å². The highest BCUT2D eigenvalue weighted by molar-refractivity contribution is 6.98. The van der Waals surface area contributed by atoms with Crippen molar-refractivity contribution in [1.82, 2.24) is 0 Å². The Labute approximate surface area is 255 Å². The summed E-state index contributed by atoms with van der Waals surface area (Å²) >= 11 is 0. The summed E-state index contributed by atoms with van der Waals surface area (Å²) in [5.74, 6) is 0.422. The van der Waals surface area contributed by atoms with E-state index in [2.05, 4.69) is 43.2 Å². The third-order valence-electron chi connectivity index (χ3n) is 7.96. The number of hydrogen-bond donors (Lipinski definition) is 0. The van der Waals surface area contributed by atoms with Crippen LogP contribution in [0.2, 0.25) is 13.1 Å². The molecule has 222 valence electrons. The summed E-state index contributed by atoms with van der Waals surface area (Å²) in [6.45, 7) is 12.4. The van der Waals surface area contributed by atoms with Gasteiger partial charge in [0.25, 0.3) is 0 Å². The Balaban J connectivity index is 1.60. The largest absolute Gasteiger partial charge is 0.468 e. The number of rotatable bonds is 7. The number of anilines is 2. The molecule has 0 aromatic heterocycles. The topological polar surface area (TPSA) is 65.1 Å². The number of aryl methyl sites for hydroxylation is 1. The molecule has 1 heterocycles. The monoisotopic (exact) mass is 593 g/mol. The van der Waals surface area contributed by atoms with Gasteiger partial charge in [0, 0.05) is 25.5 Å². The van der Waals surface area contributed by atoms with Crippen LogP contribution in [-0.2, 0) is 14.3 Å². The summed E-state index contributed by atoms with van der Waals surface area (Å²) in [5, 5.41) is 2.39. The zero-order chi connectivity index (χ0) is 31.1. The molecule has 0 radical (unpaired) electrons. The smallest absolute Gasteiger partial charge is 0.338 e. The van der Waals surface area contributed by atoms with E-state index in [0.717, 1.165) is 50.2 Å². The van der Waals surface area contributed by atoms with Gasteiger partial charge in [-0.2, -0.15) is 0 Å². The van der Waals surface area contributed by atoms with Gasteiger partial charge in [-0.25, -0.2) is 4.79 Å². The minimum atomic E-state index is -2.27. The fourth-order valence-corrected chi connectivity index (χ4v) is 8.83. The van der Waals surface area contributed by atoms with Gasteiger partial charge < -0.3 is 19.1 Å². The Bertz CT molecular complexity index is 1690. The van der Waals surface area contributed by atoms with Crippen LogP contribution < -0.4 is 14.8 Å². The maximum Gasteiger partial charge on any atom is 0.338 e. The van der Waals surface area contributed by atoms with Gasteiger partial charge in [-0.3, -0.25) is 4.79 Å². The lowest BCUT2D eigenvalue weighted by Crippen LogP contribution is -2.49. The normalized spacial score (nSPS) is 15.4. The molecule has 3 aromatic carbocycles. The molecule has 0 spiro atoms. The van der Waals surface area contributed by atoms with Crippen molar-refractivity contribution in [3.05, 3.63) is 112 Å².